The number of imidazole rings is 1. The molecule has 24 heavy (non-hydrogen) atoms. The number of nitrogens with zero attached hydrogens (tertiary/aromatic N) is 3. The zero-order valence-corrected chi connectivity index (χ0v) is 14.5. The van der Waals surface area contributed by atoms with Crippen molar-refractivity contribution in [3.63, 3.8) is 0 Å². The highest BCUT2D eigenvalue weighted by atomic mass is 79.9. The number of hydrogen-bond acceptors (Lipinski definition) is 3. The van der Waals surface area contributed by atoms with Gasteiger partial charge in [0.1, 0.15) is 11.9 Å². The smallest absolute Gasteiger partial charge is 0.257 e. The van der Waals surface area contributed by atoms with Crippen molar-refractivity contribution in [2.45, 2.75) is 19.4 Å². The van der Waals surface area contributed by atoms with E-state index in [-0.39, 0.29) is 18.2 Å². The Kier molecular flexibility index (Phi) is 3.49. The molecule has 120 valence electrons. The van der Waals surface area contributed by atoms with Crippen molar-refractivity contribution in [1.29, 1.82) is 0 Å². The first-order valence-electron chi connectivity index (χ1n) is 7.62. The molecule has 1 fully saturated rings. The fourth-order valence-electron chi connectivity index (χ4n) is 3.24. The highest BCUT2D eigenvalue weighted by Crippen LogP contribution is 2.33. The van der Waals surface area contributed by atoms with Gasteiger partial charge in [0.05, 0.1) is 23.1 Å². The van der Waals surface area contributed by atoms with Crippen LogP contribution in [0, 0.1) is 6.92 Å². The Bertz CT molecular complexity index is 962. The van der Waals surface area contributed by atoms with Crippen LogP contribution in [0.1, 0.15) is 18.3 Å². The lowest BCUT2D eigenvalue weighted by Gasteiger charge is -2.16. The highest BCUT2D eigenvalue weighted by molar-refractivity contribution is 9.10. The van der Waals surface area contributed by atoms with Gasteiger partial charge in [-0.25, -0.2) is 9.88 Å². The number of imide groups is 1. The molecule has 0 N–H and O–H groups in total. The van der Waals surface area contributed by atoms with Crippen LogP contribution in [0.4, 0.5) is 5.69 Å². The van der Waals surface area contributed by atoms with Crippen LogP contribution in [-0.2, 0) is 9.59 Å². The number of aromatic nitrogens is 2. The Morgan fingerprint density at radius 3 is 2.54 bits per heavy atom. The Balaban J connectivity index is 1.78. The van der Waals surface area contributed by atoms with Crippen LogP contribution in [0.2, 0.25) is 0 Å². The van der Waals surface area contributed by atoms with Crippen molar-refractivity contribution >= 4 is 44.5 Å². The molecule has 0 spiro atoms. The van der Waals surface area contributed by atoms with E-state index in [0.717, 1.165) is 21.3 Å². The standard InChI is InChI=1S/C18H14BrN3O2/c1-11-20-14-4-2-3-5-15(14)21(11)16-10-17(23)22(18(16)24)13-8-6-12(19)7-9-13/h2-9,16H,10H2,1H3/t16-/m0/s1. The number of anilines is 1. The number of benzene rings is 2. The van der Waals surface area contributed by atoms with E-state index >= 15 is 0 Å². The van der Waals surface area contributed by atoms with E-state index in [1.807, 2.05) is 47.9 Å². The van der Waals surface area contributed by atoms with E-state index in [0.29, 0.717) is 5.69 Å². The lowest BCUT2D eigenvalue weighted by Crippen LogP contribution is -2.31. The topological polar surface area (TPSA) is 55.2 Å². The van der Waals surface area contributed by atoms with Crippen molar-refractivity contribution in [2.75, 3.05) is 4.90 Å². The summed E-state index contributed by atoms with van der Waals surface area (Å²) in [5.74, 6) is 0.332. The quantitative estimate of drug-likeness (QED) is 0.635. The van der Waals surface area contributed by atoms with Crippen molar-refractivity contribution in [1.82, 2.24) is 9.55 Å². The van der Waals surface area contributed by atoms with Gasteiger partial charge in [-0.3, -0.25) is 9.59 Å². The molecule has 1 atom stereocenters. The van der Waals surface area contributed by atoms with Crippen LogP contribution in [0.15, 0.2) is 53.0 Å². The van der Waals surface area contributed by atoms with E-state index in [2.05, 4.69) is 20.9 Å². The van der Waals surface area contributed by atoms with Crippen molar-refractivity contribution in [2.24, 2.45) is 0 Å². The third-order valence-electron chi connectivity index (χ3n) is 4.29. The molecule has 1 aliphatic heterocycles. The molecule has 0 radical (unpaired) electrons. The highest BCUT2D eigenvalue weighted by Gasteiger charge is 2.41. The van der Waals surface area contributed by atoms with Crippen molar-refractivity contribution in [3.8, 4) is 0 Å². The lowest BCUT2D eigenvalue weighted by molar-refractivity contribution is -0.122. The third-order valence-corrected chi connectivity index (χ3v) is 4.82. The van der Waals surface area contributed by atoms with Gasteiger partial charge in [-0.2, -0.15) is 0 Å². The normalized spacial score (nSPS) is 17.9. The maximum atomic E-state index is 12.9. The van der Waals surface area contributed by atoms with E-state index in [1.54, 1.807) is 12.1 Å². The minimum absolute atomic E-state index is 0.149. The fourth-order valence-corrected chi connectivity index (χ4v) is 3.50. The summed E-state index contributed by atoms with van der Waals surface area (Å²) in [7, 11) is 0. The molecule has 2 aromatic carbocycles. The van der Waals surface area contributed by atoms with Gasteiger partial charge in [-0.1, -0.05) is 28.1 Å². The van der Waals surface area contributed by atoms with Gasteiger partial charge >= 0.3 is 0 Å². The summed E-state index contributed by atoms with van der Waals surface area (Å²) in [5.41, 5.74) is 2.30. The summed E-state index contributed by atoms with van der Waals surface area (Å²) in [5, 5.41) is 0. The summed E-state index contributed by atoms with van der Waals surface area (Å²) in [4.78, 5) is 31.2. The molecule has 0 saturated carbocycles. The Hall–Kier alpha value is -2.47. The van der Waals surface area contributed by atoms with E-state index in [9.17, 15) is 9.59 Å². The van der Waals surface area contributed by atoms with Crippen molar-refractivity contribution < 1.29 is 9.59 Å². The molecular weight excluding hydrogens is 370 g/mol. The van der Waals surface area contributed by atoms with Gasteiger partial charge in [0, 0.05) is 4.47 Å². The van der Waals surface area contributed by atoms with Crippen LogP contribution in [0.25, 0.3) is 11.0 Å². The summed E-state index contributed by atoms with van der Waals surface area (Å²) >= 11 is 3.36. The number of hydrogen-bond donors (Lipinski definition) is 0. The van der Waals surface area contributed by atoms with Gasteiger partial charge < -0.3 is 4.57 Å². The molecular formula is C18H14BrN3O2. The fraction of sp³-hybridized carbons (Fsp3) is 0.167. The number of halogens is 1. The lowest BCUT2D eigenvalue weighted by atomic mass is 10.2. The maximum Gasteiger partial charge on any atom is 0.257 e. The van der Waals surface area contributed by atoms with Crippen LogP contribution in [-0.4, -0.2) is 21.4 Å². The van der Waals surface area contributed by atoms with Gasteiger partial charge in [0.2, 0.25) is 5.91 Å². The third kappa shape index (κ3) is 2.26. The number of fused-ring (bicyclic) bond motifs is 1. The molecule has 2 heterocycles. The molecule has 0 unspecified atom stereocenters. The minimum atomic E-state index is -0.548. The maximum absolute atomic E-state index is 12.9. The van der Waals surface area contributed by atoms with Gasteiger partial charge in [-0.15, -0.1) is 0 Å². The first-order chi connectivity index (χ1) is 11.6. The SMILES string of the molecule is Cc1nc2ccccc2n1[C@H]1CC(=O)N(c2ccc(Br)cc2)C1=O. The second kappa shape index (κ2) is 5.56. The van der Waals surface area contributed by atoms with Gasteiger partial charge in [0.15, 0.2) is 0 Å². The molecule has 0 aliphatic carbocycles. The van der Waals surface area contributed by atoms with E-state index < -0.39 is 6.04 Å². The molecule has 5 nitrogen and oxygen atoms in total. The predicted molar refractivity (Wildman–Crippen MR) is 94.8 cm³/mol. The number of carbonyl (C=O) groups is 2. The number of rotatable bonds is 2. The van der Waals surface area contributed by atoms with Crippen LogP contribution in [0.5, 0.6) is 0 Å². The summed E-state index contributed by atoms with van der Waals surface area (Å²) in [6.07, 6.45) is 0.149. The van der Waals surface area contributed by atoms with Gasteiger partial charge in [-0.05, 0) is 43.3 Å². The Labute approximate surface area is 147 Å². The van der Waals surface area contributed by atoms with Gasteiger partial charge in [0.25, 0.3) is 5.91 Å². The molecule has 6 heteroatoms. The molecule has 2 amide bonds. The monoisotopic (exact) mass is 383 g/mol. The zero-order chi connectivity index (χ0) is 16.8. The summed E-state index contributed by atoms with van der Waals surface area (Å²) in [6.45, 7) is 1.86. The Morgan fingerprint density at radius 1 is 1.08 bits per heavy atom. The van der Waals surface area contributed by atoms with Crippen LogP contribution < -0.4 is 4.90 Å². The number of amides is 2. The first-order valence-corrected chi connectivity index (χ1v) is 8.41. The van der Waals surface area contributed by atoms with Crippen molar-refractivity contribution in [3.05, 3.63) is 58.8 Å². The Morgan fingerprint density at radius 2 is 1.79 bits per heavy atom. The first kappa shape index (κ1) is 15.1. The molecule has 1 saturated heterocycles. The number of aryl methyl sites for hydroxylation is 1. The summed E-state index contributed by atoms with van der Waals surface area (Å²) < 4.78 is 2.77. The summed E-state index contributed by atoms with van der Waals surface area (Å²) in [6, 6.07) is 14.3. The van der Waals surface area contributed by atoms with Crippen LogP contribution >= 0.6 is 15.9 Å². The average Bonchev–Trinajstić information content (AvgIpc) is 3.04. The average molecular weight is 384 g/mol. The second-order valence-corrected chi connectivity index (χ2v) is 6.70. The number of carbonyl (C=O) groups excluding carboxylic acids is 2. The number of para-hydroxylation sites is 2. The zero-order valence-electron chi connectivity index (χ0n) is 12.9. The molecule has 1 aliphatic rings. The molecule has 3 aromatic rings. The molecule has 4 rings (SSSR count). The predicted octanol–water partition coefficient (Wildman–Crippen LogP) is 3.61. The largest absolute Gasteiger partial charge is 0.315 e. The molecule has 0 bridgehead atoms. The van der Waals surface area contributed by atoms with Crippen LogP contribution in [0.3, 0.4) is 0 Å². The van der Waals surface area contributed by atoms with E-state index in [1.165, 1.54) is 4.90 Å². The minimum Gasteiger partial charge on any atom is -0.315 e. The van der Waals surface area contributed by atoms with E-state index in [4.69, 9.17) is 0 Å². The molecule has 1 aromatic heterocycles. The second-order valence-electron chi connectivity index (χ2n) is 5.78.